The van der Waals surface area contributed by atoms with Gasteiger partial charge >= 0.3 is 5.97 Å². The number of amides is 1. The topological polar surface area (TPSA) is 83.8 Å². The molecule has 0 aromatic rings. The fraction of sp³-hybridized carbons (Fsp3) is 0.867. The highest BCUT2D eigenvalue weighted by Gasteiger charge is 2.00. The molecule has 0 atom stereocenters. The molecule has 1 amide bonds. The van der Waals surface area contributed by atoms with Crippen molar-refractivity contribution in [2.24, 2.45) is 5.18 Å². The number of rotatable bonds is 14. The molecule has 0 aromatic heterocycles. The molecule has 0 rings (SSSR count). The van der Waals surface area contributed by atoms with Crippen molar-refractivity contribution in [1.29, 1.82) is 0 Å². The zero-order valence-corrected chi connectivity index (χ0v) is 12.3. The molecule has 0 saturated carbocycles. The predicted molar refractivity (Wildman–Crippen MR) is 78.5 cm³/mol. The standard InChI is InChI=1S/C15H27NO4/c17-14(16-20)12-10-8-6-4-2-1-3-5-7-9-11-13-15(18)19/h1-13H2,(H,18,19). The Labute approximate surface area is 121 Å². The Bertz CT molecular complexity index is 279. The molecule has 0 unspecified atom stereocenters. The van der Waals surface area contributed by atoms with Gasteiger partial charge in [-0.1, -0.05) is 57.8 Å². The summed E-state index contributed by atoms with van der Waals surface area (Å²) in [5.74, 6) is -1.23. The van der Waals surface area contributed by atoms with Crippen LogP contribution in [0.25, 0.3) is 0 Å². The number of aliphatic carboxylic acids is 1. The van der Waals surface area contributed by atoms with Gasteiger partial charge in [0.1, 0.15) is 0 Å². The van der Waals surface area contributed by atoms with E-state index in [2.05, 4.69) is 5.18 Å². The Morgan fingerprint density at radius 3 is 1.35 bits per heavy atom. The van der Waals surface area contributed by atoms with Gasteiger partial charge in [-0.3, -0.25) is 9.59 Å². The summed E-state index contributed by atoms with van der Waals surface area (Å²) in [6.45, 7) is 0. The second-order valence-corrected chi connectivity index (χ2v) is 5.27. The van der Waals surface area contributed by atoms with E-state index in [1.165, 1.54) is 32.1 Å². The van der Waals surface area contributed by atoms with E-state index in [1.807, 2.05) is 0 Å². The second-order valence-electron chi connectivity index (χ2n) is 5.27. The van der Waals surface area contributed by atoms with E-state index < -0.39 is 11.9 Å². The van der Waals surface area contributed by atoms with Crippen LogP contribution in [0.2, 0.25) is 0 Å². The van der Waals surface area contributed by atoms with Gasteiger partial charge in [0.2, 0.25) is 0 Å². The molecule has 5 nitrogen and oxygen atoms in total. The molecule has 0 radical (unpaired) electrons. The summed E-state index contributed by atoms with van der Waals surface area (Å²) >= 11 is 0. The van der Waals surface area contributed by atoms with Gasteiger partial charge < -0.3 is 5.11 Å². The number of unbranched alkanes of at least 4 members (excludes halogenated alkanes) is 10. The van der Waals surface area contributed by atoms with Crippen LogP contribution in [0, 0.1) is 4.91 Å². The van der Waals surface area contributed by atoms with Crippen LogP contribution in [0.15, 0.2) is 5.18 Å². The first-order valence-electron chi connectivity index (χ1n) is 7.75. The number of carbonyl (C=O) groups excluding carboxylic acids is 1. The van der Waals surface area contributed by atoms with Crippen LogP contribution in [0.1, 0.15) is 83.5 Å². The van der Waals surface area contributed by atoms with Crippen molar-refractivity contribution in [3.05, 3.63) is 4.91 Å². The highest BCUT2D eigenvalue weighted by Crippen LogP contribution is 2.12. The summed E-state index contributed by atoms with van der Waals surface area (Å²) in [6, 6.07) is 0. The maximum Gasteiger partial charge on any atom is 0.303 e. The second kappa shape index (κ2) is 14.2. The summed E-state index contributed by atoms with van der Waals surface area (Å²) in [7, 11) is 0. The first-order valence-corrected chi connectivity index (χ1v) is 7.75. The van der Waals surface area contributed by atoms with Crippen LogP contribution in [-0.4, -0.2) is 17.0 Å². The summed E-state index contributed by atoms with van der Waals surface area (Å²) in [4.78, 5) is 30.8. The molecule has 0 saturated heterocycles. The van der Waals surface area contributed by atoms with E-state index in [0.29, 0.717) is 12.8 Å². The fourth-order valence-electron chi connectivity index (χ4n) is 2.19. The lowest BCUT2D eigenvalue weighted by Gasteiger charge is -2.02. The van der Waals surface area contributed by atoms with E-state index >= 15 is 0 Å². The van der Waals surface area contributed by atoms with Crippen LogP contribution in [0.3, 0.4) is 0 Å². The third kappa shape index (κ3) is 14.8. The summed E-state index contributed by atoms with van der Waals surface area (Å²) in [6.07, 6.45) is 12.5. The smallest absolute Gasteiger partial charge is 0.303 e. The molecule has 0 aromatic carbocycles. The van der Waals surface area contributed by atoms with Gasteiger partial charge in [0.15, 0.2) is 0 Å². The highest BCUT2D eigenvalue weighted by atomic mass is 16.4. The fourth-order valence-corrected chi connectivity index (χ4v) is 2.19. The van der Waals surface area contributed by atoms with Crippen molar-refractivity contribution in [3.8, 4) is 0 Å². The Morgan fingerprint density at radius 2 is 1.00 bits per heavy atom. The maximum atomic E-state index is 10.6. The number of hydrogen-bond acceptors (Lipinski definition) is 3. The lowest BCUT2D eigenvalue weighted by Crippen LogP contribution is -1.93. The Morgan fingerprint density at radius 1 is 0.650 bits per heavy atom. The van der Waals surface area contributed by atoms with Crippen molar-refractivity contribution >= 4 is 11.9 Å². The third-order valence-electron chi connectivity index (χ3n) is 3.38. The molecular formula is C15H27NO4. The lowest BCUT2D eigenvalue weighted by atomic mass is 10.0. The minimum atomic E-state index is -0.698. The van der Waals surface area contributed by atoms with Crippen LogP contribution >= 0.6 is 0 Å². The number of nitrogens with zero attached hydrogens (tertiary/aromatic N) is 1. The minimum Gasteiger partial charge on any atom is -0.481 e. The Balaban J connectivity index is 3.04. The van der Waals surface area contributed by atoms with Gasteiger partial charge in [0.05, 0.1) is 0 Å². The summed E-state index contributed by atoms with van der Waals surface area (Å²) < 4.78 is 0. The van der Waals surface area contributed by atoms with Crippen molar-refractivity contribution in [3.63, 3.8) is 0 Å². The highest BCUT2D eigenvalue weighted by molar-refractivity contribution is 5.76. The van der Waals surface area contributed by atoms with Crippen molar-refractivity contribution in [2.75, 3.05) is 0 Å². The number of nitroso groups, excluding NO2 is 1. The van der Waals surface area contributed by atoms with Gasteiger partial charge in [0.25, 0.3) is 5.91 Å². The number of carboxylic acid groups (broad SMARTS) is 1. The SMILES string of the molecule is O=NC(=O)CCCCCCCCCCCCCC(=O)O. The molecule has 0 aliphatic rings. The molecule has 116 valence electrons. The maximum absolute atomic E-state index is 10.6. The van der Waals surface area contributed by atoms with Crippen LogP contribution < -0.4 is 0 Å². The van der Waals surface area contributed by atoms with Gasteiger partial charge in [-0.05, 0) is 12.8 Å². The average Bonchev–Trinajstić information content (AvgIpc) is 2.43. The molecule has 1 N–H and O–H groups in total. The minimum absolute atomic E-state index is 0.292. The van der Waals surface area contributed by atoms with Crippen molar-refractivity contribution < 1.29 is 14.7 Å². The van der Waals surface area contributed by atoms with Crippen LogP contribution in [0.4, 0.5) is 0 Å². The lowest BCUT2D eigenvalue weighted by molar-refractivity contribution is -0.137. The number of carbonyl (C=O) groups is 2. The molecular weight excluding hydrogens is 258 g/mol. The summed E-state index contributed by atoms with van der Waals surface area (Å²) in [5, 5.41) is 10.8. The zero-order chi connectivity index (χ0) is 15.1. The first-order chi connectivity index (χ1) is 9.66. The van der Waals surface area contributed by atoms with Crippen molar-refractivity contribution in [2.45, 2.75) is 83.5 Å². The normalized spacial score (nSPS) is 10.4. The Hall–Kier alpha value is -1.26. The predicted octanol–water partition coefficient (Wildman–Crippen LogP) is 4.44. The summed E-state index contributed by atoms with van der Waals surface area (Å²) in [5.41, 5.74) is 0. The van der Waals surface area contributed by atoms with Crippen LogP contribution in [0.5, 0.6) is 0 Å². The Kier molecular flexibility index (Phi) is 13.3. The van der Waals surface area contributed by atoms with Crippen molar-refractivity contribution in [1.82, 2.24) is 0 Å². The van der Waals surface area contributed by atoms with Gasteiger partial charge in [0, 0.05) is 18.0 Å². The van der Waals surface area contributed by atoms with Gasteiger partial charge in [-0.25, -0.2) is 0 Å². The molecule has 0 bridgehead atoms. The third-order valence-corrected chi connectivity index (χ3v) is 3.38. The van der Waals surface area contributed by atoms with E-state index in [-0.39, 0.29) is 0 Å². The van der Waals surface area contributed by atoms with E-state index in [9.17, 15) is 14.5 Å². The molecule has 20 heavy (non-hydrogen) atoms. The first kappa shape index (κ1) is 18.7. The van der Waals surface area contributed by atoms with E-state index in [1.54, 1.807) is 0 Å². The number of carboxylic acids is 1. The van der Waals surface area contributed by atoms with Crippen LogP contribution in [-0.2, 0) is 9.59 Å². The molecule has 0 aliphatic heterocycles. The van der Waals surface area contributed by atoms with E-state index in [0.717, 1.165) is 38.5 Å². The molecule has 0 aliphatic carbocycles. The average molecular weight is 285 g/mol. The monoisotopic (exact) mass is 285 g/mol. The molecule has 0 heterocycles. The number of hydrogen-bond donors (Lipinski definition) is 1. The molecule has 5 heteroatoms. The molecule has 0 spiro atoms. The molecule has 0 fully saturated rings. The zero-order valence-electron chi connectivity index (χ0n) is 12.3. The van der Waals surface area contributed by atoms with E-state index in [4.69, 9.17) is 5.11 Å². The quantitative estimate of drug-likeness (QED) is 0.378. The largest absolute Gasteiger partial charge is 0.481 e. The van der Waals surface area contributed by atoms with Gasteiger partial charge in [-0.2, -0.15) is 0 Å². The van der Waals surface area contributed by atoms with Gasteiger partial charge in [-0.15, -0.1) is 4.91 Å².